The predicted molar refractivity (Wildman–Crippen MR) is 93.8 cm³/mol. The van der Waals surface area contributed by atoms with Gasteiger partial charge in [-0.25, -0.2) is 4.79 Å². The number of carboxylic acids is 1. The van der Waals surface area contributed by atoms with Gasteiger partial charge in [0, 0.05) is 27.8 Å². The molecule has 2 aromatic carbocycles. The monoisotopic (exact) mass is 347 g/mol. The molecule has 0 unspecified atom stereocenters. The highest BCUT2D eigenvalue weighted by Crippen LogP contribution is 2.27. The second kappa shape index (κ2) is 6.26. The molecule has 3 aromatic rings. The van der Waals surface area contributed by atoms with Crippen molar-refractivity contribution in [3.8, 4) is 0 Å². The Kier molecular flexibility index (Phi) is 4.33. The maximum Gasteiger partial charge on any atom is 0.335 e. The number of hydrogen-bond donors (Lipinski definition) is 1. The third-order valence-electron chi connectivity index (χ3n) is 3.94. The second-order valence-electron chi connectivity index (χ2n) is 5.39. The van der Waals surface area contributed by atoms with Crippen LogP contribution in [0, 0.1) is 0 Å². The van der Waals surface area contributed by atoms with Gasteiger partial charge in [0.05, 0.1) is 5.56 Å². The van der Waals surface area contributed by atoms with Gasteiger partial charge in [-0.1, -0.05) is 42.3 Å². The summed E-state index contributed by atoms with van der Waals surface area (Å²) in [7, 11) is 0. The number of fused-ring (bicyclic) bond motifs is 1. The summed E-state index contributed by atoms with van der Waals surface area (Å²) < 4.78 is 2.11. The van der Waals surface area contributed by atoms with Crippen LogP contribution in [-0.4, -0.2) is 15.6 Å². The second-order valence-corrected chi connectivity index (χ2v) is 6.23. The van der Waals surface area contributed by atoms with Crippen LogP contribution in [0.4, 0.5) is 0 Å². The molecule has 0 aliphatic heterocycles. The SMILES string of the molecule is CCc1cc2ccc(C(=O)O)cc2n1Cc1ccc(Cl)cc1Cl. The van der Waals surface area contributed by atoms with Crippen LogP contribution in [0.25, 0.3) is 10.9 Å². The van der Waals surface area contributed by atoms with E-state index in [-0.39, 0.29) is 5.56 Å². The molecule has 1 heterocycles. The molecular weight excluding hydrogens is 333 g/mol. The molecule has 0 aliphatic rings. The summed E-state index contributed by atoms with van der Waals surface area (Å²) >= 11 is 12.2. The molecule has 0 aliphatic carbocycles. The number of hydrogen-bond acceptors (Lipinski definition) is 1. The molecule has 118 valence electrons. The number of halogens is 2. The summed E-state index contributed by atoms with van der Waals surface area (Å²) in [4.78, 5) is 11.2. The number of benzene rings is 2. The maximum atomic E-state index is 11.2. The Bertz CT molecular complexity index is 899. The maximum absolute atomic E-state index is 11.2. The summed E-state index contributed by atoms with van der Waals surface area (Å²) in [5, 5.41) is 11.4. The third kappa shape index (κ3) is 3.07. The minimum atomic E-state index is -0.928. The molecule has 0 fully saturated rings. The number of carboxylic acid groups (broad SMARTS) is 1. The molecule has 0 amide bonds. The van der Waals surface area contributed by atoms with Crippen LogP contribution >= 0.6 is 23.2 Å². The fraction of sp³-hybridized carbons (Fsp3) is 0.167. The van der Waals surface area contributed by atoms with Crippen LogP contribution in [0.2, 0.25) is 10.0 Å². The van der Waals surface area contributed by atoms with Crippen molar-refractivity contribution < 1.29 is 9.90 Å². The first-order chi connectivity index (χ1) is 11.0. The Morgan fingerprint density at radius 2 is 1.91 bits per heavy atom. The molecular formula is C18H15Cl2NO2. The van der Waals surface area contributed by atoms with Crippen molar-refractivity contribution in [1.82, 2.24) is 4.57 Å². The molecule has 0 atom stereocenters. The summed E-state index contributed by atoms with van der Waals surface area (Å²) in [6.45, 7) is 2.65. The quantitative estimate of drug-likeness (QED) is 0.699. The summed E-state index contributed by atoms with van der Waals surface area (Å²) in [5.74, 6) is -0.928. The van der Waals surface area contributed by atoms with E-state index in [4.69, 9.17) is 23.2 Å². The van der Waals surface area contributed by atoms with E-state index in [1.54, 1.807) is 18.2 Å². The van der Waals surface area contributed by atoms with Crippen molar-refractivity contribution in [2.24, 2.45) is 0 Å². The van der Waals surface area contributed by atoms with Crippen molar-refractivity contribution in [2.75, 3.05) is 0 Å². The third-order valence-corrected chi connectivity index (χ3v) is 4.53. The molecule has 0 radical (unpaired) electrons. The zero-order valence-corrected chi connectivity index (χ0v) is 14.0. The molecule has 23 heavy (non-hydrogen) atoms. The van der Waals surface area contributed by atoms with Gasteiger partial charge in [0.2, 0.25) is 0 Å². The standard InChI is InChI=1S/C18H15Cl2NO2/c1-2-15-7-11-3-4-12(18(22)23)8-17(11)21(15)10-13-5-6-14(19)9-16(13)20/h3-9H,2,10H2,1H3,(H,22,23). The number of aryl methyl sites for hydroxylation is 1. The van der Waals surface area contributed by atoms with E-state index < -0.39 is 5.97 Å². The normalized spacial score (nSPS) is 11.1. The molecule has 0 saturated heterocycles. The van der Waals surface area contributed by atoms with E-state index >= 15 is 0 Å². The molecule has 3 nitrogen and oxygen atoms in total. The molecule has 1 aromatic heterocycles. The van der Waals surface area contributed by atoms with Gasteiger partial charge in [-0.15, -0.1) is 0 Å². The van der Waals surface area contributed by atoms with Gasteiger partial charge in [-0.2, -0.15) is 0 Å². The van der Waals surface area contributed by atoms with Gasteiger partial charge < -0.3 is 9.67 Å². The van der Waals surface area contributed by atoms with E-state index in [9.17, 15) is 9.90 Å². The Hall–Kier alpha value is -1.97. The zero-order valence-electron chi connectivity index (χ0n) is 12.5. The van der Waals surface area contributed by atoms with E-state index in [0.717, 1.165) is 28.6 Å². The molecule has 1 N–H and O–H groups in total. The van der Waals surface area contributed by atoms with Crippen LogP contribution in [0.15, 0.2) is 42.5 Å². The van der Waals surface area contributed by atoms with Gasteiger partial charge >= 0.3 is 5.97 Å². The highest BCUT2D eigenvalue weighted by molar-refractivity contribution is 6.35. The van der Waals surface area contributed by atoms with Gasteiger partial charge in [-0.05, 0) is 47.7 Å². The Balaban J connectivity index is 2.14. The van der Waals surface area contributed by atoms with Crippen LogP contribution in [0.1, 0.15) is 28.5 Å². The van der Waals surface area contributed by atoms with Crippen molar-refractivity contribution in [3.63, 3.8) is 0 Å². The molecule has 0 saturated carbocycles. The van der Waals surface area contributed by atoms with Crippen LogP contribution in [0.5, 0.6) is 0 Å². The summed E-state index contributed by atoms with van der Waals surface area (Å²) in [5.41, 5.74) is 3.26. The van der Waals surface area contributed by atoms with Gasteiger partial charge in [0.25, 0.3) is 0 Å². The molecule has 3 rings (SSSR count). The van der Waals surface area contributed by atoms with Gasteiger partial charge in [0.1, 0.15) is 0 Å². The lowest BCUT2D eigenvalue weighted by Gasteiger charge is -2.12. The predicted octanol–water partition coefficient (Wildman–Crippen LogP) is 5.26. The number of carbonyl (C=O) groups is 1. The Morgan fingerprint density at radius 1 is 1.13 bits per heavy atom. The number of aromatic carboxylic acids is 1. The first-order valence-electron chi connectivity index (χ1n) is 7.29. The van der Waals surface area contributed by atoms with Crippen LogP contribution in [-0.2, 0) is 13.0 Å². The molecule has 0 bridgehead atoms. The smallest absolute Gasteiger partial charge is 0.335 e. The summed E-state index contributed by atoms with van der Waals surface area (Å²) in [6.07, 6.45) is 0.849. The zero-order chi connectivity index (χ0) is 16.6. The lowest BCUT2D eigenvalue weighted by molar-refractivity contribution is 0.0697. The van der Waals surface area contributed by atoms with Crippen molar-refractivity contribution in [2.45, 2.75) is 19.9 Å². The van der Waals surface area contributed by atoms with E-state index in [2.05, 4.69) is 17.6 Å². The minimum Gasteiger partial charge on any atom is -0.478 e. The first kappa shape index (κ1) is 15.9. The van der Waals surface area contributed by atoms with Crippen molar-refractivity contribution in [1.29, 1.82) is 0 Å². The largest absolute Gasteiger partial charge is 0.478 e. The molecule has 5 heteroatoms. The van der Waals surface area contributed by atoms with E-state index in [1.807, 2.05) is 18.2 Å². The molecule has 0 spiro atoms. The number of nitrogens with zero attached hydrogens (tertiary/aromatic N) is 1. The average molecular weight is 348 g/mol. The minimum absolute atomic E-state index is 0.279. The number of aromatic nitrogens is 1. The first-order valence-corrected chi connectivity index (χ1v) is 8.04. The fourth-order valence-electron chi connectivity index (χ4n) is 2.74. The van der Waals surface area contributed by atoms with Crippen molar-refractivity contribution >= 4 is 40.1 Å². The Labute approximate surface area is 144 Å². The lowest BCUT2D eigenvalue weighted by Crippen LogP contribution is -2.05. The number of rotatable bonds is 4. The lowest BCUT2D eigenvalue weighted by atomic mass is 10.1. The van der Waals surface area contributed by atoms with Crippen molar-refractivity contribution in [3.05, 3.63) is 69.3 Å². The average Bonchev–Trinajstić information content (AvgIpc) is 2.87. The van der Waals surface area contributed by atoms with E-state index in [1.165, 1.54) is 0 Å². The van der Waals surface area contributed by atoms with Crippen LogP contribution in [0.3, 0.4) is 0 Å². The summed E-state index contributed by atoms with van der Waals surface area (Å²) in [6, 6.07) is 12.7. The van der Waals surface area contributed by atoms with Gasteiger partial charge in [0.15, 0.2) is 0 Å². The van der Waals surface area contributed by atoms with Gasteiger partial charge in [-0.3, -0.25) is 0 Å². The highest BCUT2D eigenvalue weighted by atomic mass is 35.5. The topological polar surface area (TPSA) is 42.2 Å². The fourth-order valence-corrected chi connectivity index (χ4v) is 3.21. The van der Waals surface area contributed by atoms with E-state index in [0.29, 0.717) is 16.6 Å². The van der Waals surface area contributed by atoms with Crippen LogP contribution < -0.4 is 0 Å². The Morgan fingerprint density at radius 3 is 2.57 bits per heavy atom. The highest BCUT2D eigenvalue weighted by Gasteiger charge is 2.12.